The summed E-state index contributed by atoms with van der Waals surface area (Å²) in [5.74, 6) is -5.26. The minimum Gasteiger partial charge on any atom is -0.481 e. The Hall–Kier alpha value is -2.73. The fraction of sp³-hybridized carbons (Fsp3) is 0.615. The van der Waals surface area contributed by atoms with Crippen LogP contribution in [0.25, 0.3) is 0 Å². The first-order chi connectivity index (χ1) is 11.5. The van der Waals surface area contributed by atoms with Gasteiger partial charge in [0.2, 0.25) is 17.7 Å². The van der Waals surface area contributed by atoms with Gasteiger partial charge in [-0.15, -0.1) is 0 Å². The molecule has 0 heterocycles. The Balaban J connectivity index is 4.65. The van der Waals surface area contributed by atoms with Crippen LogP contribution in [-0.4, -0.2) is 75.8 Å². The van der Waals surface area contributed by atoms with Crippen molar-refractivity contribution in [2.24, 2.45) is 5.73 Å². The van der Waals surface area contributed by atoms with E-state index in [1.54, 1.807) is 0 Å². The molecule has 8 N–H and O–H groups in total. The van der Waals surface area contributed by atoms with Crippen LogP contribution < -0.4 is 21.7 Å². The second-order valence-electron chi connectivity index (χ2n) is 5.28. The number of carboxylic acid groups (broad SMARTS) is 2. The van der Waals surface area contributed by atoms with Gasteiger partial charge in [-0.25, -0.2) is 0 Å². The molecule has 0 saturated heterocycles. The number of carbonyl (C=O) groups excluding carboxylic acids is 3. The molecular formula is C13H22N4O8. The van der Waals surface area contributed by atoms with E-state index in [4.69, 9.17) is 15.9 Å². The SMILES string of the molecule is CC(NC(=O)CNC(=O)C(NC(=O)C(N)CC(=O)O)C(C)O)C(=O)O. The van der Waals surface area contributed by atoms with E-state index >= 15 is 0 Å². The van der Waals surface area contributed by atoms with Gasteiger partial charge in [0, 0.05) is 0 Å². The fourth-order valence-corrected chi connectivity index (χ4v) is 1.58. The molecular weight excluding hydrogens is 340 g/mol. The summed E-state index contributed by atoms with van der Waals surface area (Å²) in [5, 5.41) is 33.1. The Morgan fingerprint density at radius 1 is 1.00 bits per heavy atom. The molecule has 0 aromatic carbocycles. The highest BCUT2D eigenvalue weighted by atomic mass is 16.4. The zero-order valence-electron chi connectivity index (χ0n) is 13.7. The molecule has 0 aliphatic carbocycles. The van der Waals surface area contributed by atoms with Crippen molar-refractivity contribution in [2.75, 3.05) is 6.54 Å². The van der Waals surface area contributed by atoms with Crippen molar-refractivity contribution in [1.82, 2.24) is 16.0 Å². The summed E-state index contributed by atoms with van der Waals surface area (Å²) in [6.45, 7) is 1.83. The molecule has 0 fully saturated rings. The summed E-state index contributed by atoms with van der Waals surface area (Å²) in [6.07, 6.45) is -2.03. The van der Waals surface area contributed by atoms with Gasteiger partial charge in [-0.1, -0.05) is 0 Å². The van der Waals surface area contributed by atoms with E-state index in [0.29, 0.717) is 0 Å². The third kappa shape index (κ3) is 8.62. The first kappa shape index (κ1) is 22.3. The highest BCUT2D eigenvalue weighted by Gasteiger charge is 2.28. The smallest absolute Gasteiger partial charge is 0.325 e. The fourth-order valence-electron chi connectivity index (χ4n) is 1.58. The number of nitrogens with two attached hydrogens (primary N) is 1. The topological polar surface area (TPSA) is 208 Å². The predicted molar refractivity (Wildman–Crippen MR) is 82.1 cm³/mol. The van der Waals surface area contributed by atoms with Gasteiger partial charge in [0.05, 0.1) is 25.1 Å². The van der Waals surface area contributed by atoms with Gasteiger partial charge >= 0.3 is 11.9 Å². The van der Waals surface area contributed by atoms with E-state index in [9.17, 15) is 29.1 Å². The maximum atomic E-state index is 11.9. The van der Waals surface area contributed by atoms with E-state index in [-0.39, 0.29) is 0 Å². The molecule has 0 aliphatic heterocycles. The number of amides is 3. The number of hydrogen-bond acceptors (Lipinski definition) is 7. The average molecular weight is 362 g/mol. The van der Waals surface area contributed by atoms with Crippen molar-refractivity contribution < 1.29 is 39.3 Å². The van der Waals surface area contributed by atoms with Gasteiger partial charge < -0.3 is 37.0 Å². The van der Waals surface area contributed by atoms with E-state index in [1.807, 2.05) is 0 Å². The summed E-state index contributed by atoms with van der Waals surface area (Å²) in [4.78, 5) is 56.3. The Labute approximate surface area is 142 Å². The van der Waals surface area contributed by atoms with Crippen LogP contribution in [0.2, 0.25) is 0 Å². The van der Waals surface area contributed by atoms with Crippen LogP contribution in [0.15, 0.2) is 0 Å². The minimum atomic E-state index is -1.47. The lowest BCUT2D eigenvalue weighted by molar-refractivity contribution is -0.141. The standard InChI is InChI=1S/C13H22N4O8/c1-5(13(24)25)16-8(19)4-15-12(23)10(6(2)18)17-11(22)7(14)3-9(20)21/h5-7,10,18H,3-4,14H2,1-2H3,(H,15,23)(H,16,19)(H,17,22)(H,20,21)(H,24,25). The first-order valence-electron chi connectivity index (χ1n) is 7.21. The molecule has 0 spiro atoms. The molecule has 0 saturated carbocycles. The second-order valence-corrected chi connectivity index (χ2v) is 5.28. The lowest BCUT2D eigenvalue weighted by Crippen LogP contribution is -2.57. The molecule has 0 aromatic rings. The molecule has 0 radical (unpaired) electrons. The maximum absolute atomic E-state index is 11.9. The van der Waals surface area contributed by atoms with Crippen LogP contribution in [-0.2, 0) is 24.0 Å². The lowest BCUT2D eigenvalue weighted by atomic mass is 10.1. The van der Waals surface area contributed by atoms with Crippen LogP contribution >= 0.6 is 0 Å². The summed E-state index contributed by atoms with van der Waals surface area (Å²) >= 11 is 0. The number of nitrogens with one attached hydrogen (secondary N) is 3. The molecule has 4 atom stereocenters. The molecule has 0 rings (SSSR count). The van der Waals surface area contributed by atoms with Gasteiger partial charge in [0.1, 0.15) is 12.1 Å². The predicted octanol–water partition coefficient (Wildman–Crippen LogP) is -3.64. The normalized spacial score (nSPS) is 15.2. The lowest BCUT2D eigenvalue weighted by Gasteiger charge is -2.22. The summed E-state index contributed by atoms with van der Waals surface area (Å²) in [5.41, 5.74) is 5.35. The van der Waals surface area contributed by atoms with Gasteiger partial charge in [-0.2, -0.15) is 0 Å². The number of aliphatic hydroxyl groups excluding tert-OH is 1. The van der Waals surface area contributed by atoms with Crippen molar-refractivity contribution in [2.45, 2.75) is 44.5 Å². The Kier molecular flexibility index (Phi) is 9.09. The Morgan fingerprint density at radius 3 is 2.00 bits per heavy atom. The zero-order chi connectivity index (χ0) is 19.7. The van der Waals surface area contributed by atoms with Gasteiger partial charge in [0.15, 0.2) is 0 Å². The van der Waals surface area contributed by atoms with Crippen LogP contribution in [0.4, 0.5) is 0 Å². The monoisotopic (exact) mass is 362 g/mol. The number of hydrogen-bond donors (Lipinski definition) is 7. The van der Waals surface area contributed by atoms with E-state index in [0.717, 1.165) is 0 Å². The van der Waals surface area contributed by atoms with Crippen LogP contribution in [0, 0.1) is 0 Å². The van der Waals surface area contributed by atoms with Crippen LogP contribution in [0.1, 0.15) is 20.3 Å². The number of carbonyl (C=O) groups is 5. The van der Waals surface area contributed by atoms with E-state index in [2.05, 4.69) is 16.0 Å². The van der Waals surface area contributed by atoms with Gasteiger partial charge in [0.25, 0.3) is 0 Å². The van der Waals surface area contributed by atoms with Crippen molar-refractivity contribution in [3.05, 3.63) is 0 Å². The summed E-state index contributed by atoms with van der Waals surface area (Å²) in [6, 6.07) is -4.06. The molecule has 142 valence electrons. The van der Waals surface area contributed by atoms with E-state index in [1.165, 1.54) is 13.8 Å². The Bertz CT molecular complexity index is 536. The van der Waals surface area contributed by atoms with Crippen molar-refractivity contribution >= 4 is 29.7 Å². The maximum Gasteiger partial charge on any atom is 0.325 e. The largest absolute Gasteiger partial charge is 0.481 e. The Morgan fingerprint density at radius 2 is 1.56 bits per heavy atom. The van der Waals surface area contributed by atoms with Gasteiger partial charge in [-0.3, -0.25) is 24.0 Å². The molecule has 25 heavy (non-hydrogen) atoms. The van der Waals surface area contributed by atoms with Crippen molar-refractivity contribution in [3.8, 4) is 0 Å². The summed E-state index contributed by atoms with van der Waals surface area (Å²) in [7, 11) is 0. The molecule has 0 bridgehead atoms. The number of carboxylic acids is 2. The number of rotatable bonds is 10. The minimum absolute atomic E-state index is 0.587. The number of aliphatic carboxylic acids is 2. The summed E-state index contributed by atoms with van der Waals surface area (Å²) < 4.78 is 0. The second kappa shape index (κ2) is 10.2. The van der Waals surface area contributed by atoms with Crippen molar-refractivity contribution in [1.29, 1.82) is 0 Å². The average Bonchev–Trinajstić information content (AvgIpc) is 2.48. The quantitative estimate of drug-likeness (QED) is 0.204. The molecule has 0 aromatic heterocycles. The third-order valence-corrected chi connectivity index (χ3v) is 2.97. The molecule has 3 amide bonds. The van der Waals surface area contributed by atoms with Crippen LogP contribution in [0.5, 0.6) is 0 Å². The molecule has 12 nitrogen and oxygen atoms in total. The molecule has 0 aliphatic rings. The molecule has 4 unspecified atom stereocenters. The van der Waals surface area contributed by atoms with Gasteiger partial charge in [-0.05, 0) is 13.8 Å². The van der Waals surface area contributed by atoms with E-state index < -0.39 is 66.9 Å². The zero-order valence-corrected chi connectivity index (χ0v) is 13.7. The van der Waals surface area contributed by atoms with Crippen molar-refractivity contribution in [3.63, 3.8) is 0 Å². The molecule has 12 heteroatoms. The highest BCUT2D eigenvalue weighted by molar-refractivity contribution is 5.93. The van der Waals surface area contributed by atoms with Crippen LogP contribution in [0.3, 0.4) is 0 Å². The first-order valence-corrected chi connectivity index (χ1v) is 7.21. The highest BCUT2D eigenvalue weighted by Crippen LogP contribution is 1.96. The number of aliphatic hydroxyl groups is 1. The third-order valence-electron chi connectivity index (χ3n) is 2.97.